The monoisotopic (exact) mass is 386 g/mol. The largest absolute Gasteiger partial charge is 0.484 e. The number of aryl methyl sites for hydroxylation is 2. The second-order valence-electron chi connectivity index (χ2n) is 8.63. The van der Waals surface area contributed by atoms with Crippen LogP contribution in [0.15, 0.2) is 22.6 Å². The Morgan fingerprint density at radius 3 is 2.68 bits per heavy atom. The van der Waals surface area contributed by atoms with E-state index >= 15 is 0 Å². The zero-order valence-electron chi connectivity index (χ0n) is 16.9. The summed E-state index contributed by atoms with van der Waals surface area (Å²) in [6.45, 7) is 7.21. The highest BCUT2D eigenvalue weighted by Crippen LogP contribution is 2.33. The number of ether oxygens (including phenoxy) is 1. The van der Waals surface area contributed by atoms with Gasteiger partial charge in [-0.25, -0.2) is 0 Å². The molecule has 28 heavy (non-hydrogen) atoms. The number of carbonyl (C=O) groups excluding carboxylic acids is 1. The summed E-state index contributed by atoms with van der Waals surface area (Å²) >= 11 is 0. The zero-order valence-corrected chi connectivity index (χ0v) is 16.9. The highest BCUT2D eigenvalue weighted by Gasteiger charge is 2.25. The van der Waals surface area contributed by atoms with E-state index in [1.807, 2.05) is 36.9 Å². The lowest BCUT2D eigenvalue weighted by atomic mass is 9.96. The maximum atomic E-state index is 12.5. The molecule has 2 heterocycles. The average molecular weight is 386 g/mol. The summed E-state index contributed by atoms with van der Waals surface area (Å²) in [5.74, 6) is 1.84. The Kier molecular flexibility index (Phi) is 5.34. The predicted octanol–water partition coefficient (Wildman–Crippen LogP) is 2.61. The van der Waals surface area contributed by atoms with Gasteiger partial charge in [0.15, 0.2) is 6.61 Å². The first-order valence-electron chi connectivity index (χ1n) is 10.3. The summed E-state index contributed by atoms with van der Waals surface area (Å²) in [7, 11) is 0. The van der Waals surface area contributed by atoms with Gasteiger partial charge in [-0.05, 0) is 51.3 Å². The third kappa shape index (κ3) is 4.33. The second-order valence-corrected chi connectivity index (χ2v) is 8.63. The Morgan fingerprint density at radius 1 is 1.18 bits per heavy atom. The van der Waals surface area contributed by atoms with Gasteiger partial charge in [0.1, 0.15) is 17.1 Å². The van der Waals surface area contributed by atoms with Gasteiger partial charge in [-0.1, -0.05) is 0 Å². The van der Waals surface area contributed by atoms with Crippen LogP contribution < -0.4 is 4.74 Å². The molecule has 1 aromatic carbocycles. The molecule has 0 saturated carbocycles. The Labute approximate surface area is 166 Å². The van der Waals surface area contributed by atoms with Crippen molar-refractivity contribution in [2.24, 2.45) is 0 Å². The van der Waals surface area contributed by atoms with Crippen LogP contribution in [0, 0.1) is 0 Å². The molecule has 152 valence electrons. The number of hydrogen-bond donors (Lipinski definition) is 1. The summed E-state index contributed by atoms with van der Waals surface area (Å²) in [5.41, 5.74) is 1.51. The molecule has 1 aliphatic heterocycles. The fourth-order valence-electron chi connectivity index (χ4n) is 4.27. The lowest BCUT2D eigenvalue weighted by Gasteiger charge is -2.37. The van der Waals surface area contributed by atoms with Gasteiger partial charge in [-0.2, -0.15) is 0 Å². The summed E-state index contributed by atoms with van der Waals surface area (Å²) in [6.07, 6.45) is 4.45. The molecular formula is C22H30N2O4. The first kappa shape index (κ1) is 19.3. The minimum absolute atomic E-state index is 0.0113. The van der Waals surface area contributed by atoms with E-state index < -0.39 is 5.60 Å². The highest BCUT2D eigenvalue weighted by molar-refractivity contribution is 5.84. The Bertz CT molecular complexity index is 844. The van der Waals surface area contributed by atoms with Crippen LogP contribution in [0.3, 0.4) is 0 Å². The molecule has 0 radical (unpaired) electrons. The van der Waals surface area contributed by atoms with Crippen molar-refractivity contribution in [1.29, 1.82) is 0 Å². The number of carbonyl (C=O) groups is 1. The van der Waals surface area contributed by atoms with E-state index in [2.05, 4.69) is 4.90 Å². The lowest BCUT2D eigenvalue weighted by Crippen LogP contribution is -2.52. The van der Waals surface area contributed by atoms with Crippen LogP contribution in [0.4, 0.5) is 0 Å². The van der Waals surface area contributed by atoms with Gasteiger partial charge in [-0.3, -0.25) is 9.69 Å². The molecule has 0 spiro atoms. The molecule has 1 saturated heterocycles. The average Bonchev–Trinajstić information content (AvgIpc) is 3.03. The lowest BCUT2D eigenvalue weighted by molar-refractivity contribution is -0.135. The number of benzene rings is 1. The molecule has 1 aliphatic carbocycles. The van der Waals surface area contributed by atoms with Crippen LogP contribution in [0.5, 0.6) is 5.75 Å². The van der Waals surface area contributed by atoms with Gasteiger partial charge in [0.25, 0.3) is 5.91 Å². The van der Waals surface area contributed by atoms with Gasteiger partial charge in [-0.15, -0.1) is 0 Å². The maximum absolute atomic E-state index is 12.5. The fourth-order valence-corrected chi connectivity index (χ4v) is 4.27. The van der Waals surface area contributed by atoms with Crippen LogP contribution in [-0.4, -0.2) is 65.7 Å². The molecular weight excluding hydrogens is 356 g/mol. The van der Waals surface area contributed by atoms with Crippen LogP contribution in [0.25, 0.3) is 11.0 Å². The van der Waals surface area contributed by atoms with Gasteiger partial charge in [0, 0.05) is 50.1 Å². The van der Waals surface area contributed by atoms with Gasteiger partial charge in [0.2, 0.25) is 0 Å². The molecule has 2 aliphatic rings. The van der Waals surface area contributed by atoms with Crippen molar-refractivity contribution in [3.05, 3.63) is 29.5 Å². The summed E-state index contributed by atoms with van der Waals surface area (Å²) in [6, 6.07) is 5.84. The van der Waals surface area contributed by atoms with Crippen molar-refractivity contribution in [2.75, 3.05) is 39.3 Å². The van der Waals surface area contributed by atoms with Crippen LogP contribution in [0.1, 0.15) is 38.0 Å². The molecule has 1 aromatic heterocycles. The first-order chi connectivity index (χ1) is 13.4. The smallest absolute Gasteiger partial charge is 0.260 e. The number of rotatable bonds is 5. The molecule has 2 aromatic rings. The van der Waals surface area contributed by atoms with Gasteiger partial charge < -0.3 is 19.2 Å². The minimum Gasteiger partial charge on any atom is -0.484 e. The van der Waals surface area contributed by atoms with Crippen molar-refractivity contribution < 1.29 is 19.1 Å². The summed E-state index contributed by atoms with van der Waals surface area (Å²) in [5, 5.41) is 11.1. The fraction of sp³-hybridized carbons (Fsp3) is 0.591. The Morgan fingerprint density at radius 2 is 1.93 bits per heavy atom. The van der Waals surface area contributed by atoms with Crippen molar-refractivity contribution in [2.45, 2.75) is 45.1 Å². The van der Waals surface area contributed by atoms with Crippen LogP contribution in [0.2, 0.25) is 0 Å². The van der Waals surface area contributed by atoms with E-state index in [1.54, 1.807) is 0 Å². The van der Waals surface area contributed by atoms with Crippen LogP contribution in [-0.2, 0) is 17.6 Å². The predicted molar refractivity (Wildman–Crippen MR) is 108 cm³/mol. The number of piperazine rings is 1. The molecule has 1 N–H and O–H groups in total. The highest BCUT2D eigenvalue weighted by atomic mass is 16.5. The molecule has 1 fully saturated rings. The first-order valence-corrected chi connectivity index (χ1v) is 10.3. The number of aliphatic hydroxyl groups is 1. The van der Waals surface area contributed by atoms with Gasteiger partial charge in [0.05, 0.1) is 5.60 Å². The van der Waals surface area contributed by atoms with Crippen molar-refractivity contribution in [3.63, 3.8) is 0 Å². The summed E-state index contributed by atoms with van der Waals surface area (Å²) in [4.78, 5) is 16.6. The topological polar surface area (TPSA) is 66.2 Å². The number of furan rings is 1. The van der Waals surface area contributed by atoms with Crippen molar-refractivity contribution >= 4 is 16.9 Å². The quantitative estimate of drug-likeness (QED) is 0.856. The number of β-amino-alcohol motifs (C(OH)–C–C–N with tert-alkyl or cyclic N) is 1. The van der Waals surface area contributed by atoms with E-state index in [1.165, 1.54) is 18.4 Å². The van der Waals surface area contributed by atoms with E-state index in [0.717, 1.165) is 48.4 Å². The Hall–Kier alpha value is -2.05. The zero-order chi connectivity index (χ0) is 19.7. The molecule has 6 nitrogen and oxygen atoms in total. The third-order valence-electron chi connectivity index (χ3n) is 5.62. The SMILES string of the molecule is CC(C)(O)CN1CCN(C(=O)COc2ccc3oc4c(c3c2)CCCC4)CC1. The van der Waals surface area contributed by atoms with E-state index in [-0.39, 0.29) is 12.5 Å². The van der Waals surface area contributed by atoms with Gasteiger partial charge >= 0.3 is 0 Å². The number of fused-ring (bicyclic) bond motifs is 3. The standard InChI is InChI=1S/C22H30N2O4/c1-22(2,26)15-23-9-11-24(12-10-23)21(25)14-27-16-7-8-20-18(13-16)17-5-3-4-6-19(17)28-20/h7-8,13,26H,3-6,9-12,14-15H2,1-2H3. The van der Waals surface area contributed by atoms with Crippen LogP contribution >= 0.6 is 0 Å². The number of hydrogen-bond acceptors (Lipinski definition) is 5. The number of nitrogens with zero attached hydrogens (tertiary/aromatic N) is 2. The molecule has 0 unspecified atom stereocenters. The normalized spacial score (nSPS) is 18.3. The van der Waals surface area contributed by atoms with E-state index in [9.17, 15) is 9.90 Å². The van der Waals surface area contributed by atoms with Crippen molar-refractivity contribution in [1.82, 2.24) is 9.80 Å². The molecule has 6 heteroatoms. The molecule has 1 amide bonds. The number of amides is 1. The maximum Gasteiger partial charge on any atom is 0.260 e. The Balaban J connectivity index is 1.33. The molecule has 0 bridgehead atoms. The summed E-state index contributed by atoms with van der Waals surface area (Å²) < 4.78 is 11.8. The second kappa shape index (κ2) is 7.76. The minimum atomic E-state index is -0.708. The molecule has 0 atom stereocenters. The van der Waals surface area contributed by atoms with E-state index in [0.29, 0.717) is 19.6 Å². The third-order valence-corrected chi connectivity index (χ3v) is 5.62. The molecule has 4 rings (SSSR count). The van der Waals surface area contributed by atoms with Crippen molar-refractivity contribution in [3.8, 4) is 5.75 Å². The van der Waals surface area contributed by atoms with E-state index in [4.69, 9.17) is 9.15 Å².